The van der Waals surface area contributed by atoms with Crippen LogP contribution in [-0.2, 0) is 0 Å². The molecule has 338 valence electrons. The molecule has 15 aromatic rings. The van der Waals surface area contributed by atoms with Gasteiger partial charge in [-0.1, -0.05) is 237 Å². The van der Waals surface area contributed by atoms with E-state index in [0.29, 0.717) is 0 Å². The van der Waals surface area contributed by atoms with Crippen LogP contribution >= 0.6 is 0 Å². The van der Waals surface area contributed by atoms with Gasteiger partial charge in [-0.05, 0) is 167 Å². The van der Waals surface area contributed by atoms with E-state index in [1.807, 2.05) is 0 Å². The summed E-state index contributed by atoms with van der Waals surface area (Å²) in [4.78, 5) is 2.39. The van der Waals surface area contributed by atoms with E-state index in [1.165, 1.54) is 130 Å². The normalized spacial score (nSPS) is 11.8. The van der Waals surface area contributed by atoms with Crippen LogP contribution in [0.4, 0.5) is 17.1 Å². The molecule has 73 heavy (non-hydrogen) atoms. The summed E-state index contributed by atoms with van der Waals surface area (Å²) in [7, 11) is 0. The predicted molar refractivity (Wildman–Crippen MR) is 315 cm³/mol. The fourth-order valence-corrected chi connectivity index (χ4v) is 12.1. The highest BCUT2D eigenvalue weighted by Gasteiger charge is 2.17. The minimum absolute atomic E-state index is 1.09. The van der Waals surface area contributed by atoms with Crippen molar-refractivity contribution in [3.63, 3.8) is 0 Å². The molecule has 0 fully saturated rings. The fraction of sp³-hybridized carbons (Fsp3) is 0. The number of fused-ring (bicyclic) bond motifs is 15. The van der Waals surface area contributed by atoms with Crippen LogP contribution in [0.3, 0.4) is 0 Å². The lowest BCUT2D eigenvalue weighted by atomic mass is 9.92. The molecule has 0 N–H and O–H groups in total. The van der Waals surface area contributed by atoms with E-state index in [0.717, 1.165) is 17.1 Å². The van der Waals surface area contributed by atoms with Crippen molar-refractivity contribution >= 4 is 114 Å². The predicted octanol–water partition coefficient (Wildman–Crippen LogP) is 20.5. The topological polar surface area (TPSA) is 3.24 Å². The Balaban J connectivity index is 0.832. The first-order valence-corrected chi connectivity index (χ1v) is 25.3. The van der Waals surface area contributed by atoms with E-state index in [-0.39, 0.29) is 0 Å². The largest absolute Gasteiger partial charge is 0.311 e. The van der Waals surface area contributed by atoms with Gasteiger partial charge in [-0.2, -0.15) is 0 Å². The van der Waals surface area contributed by atoms with Gasteiger partial charge in [0, 0.05) is 17.1 Å². The average molecular weight is 924 g/mol. The molecule has 0 aliphatic rings. The number of benzene rings is 15. The zero-order chi connectivity index (χ0) is 48.0. The van der Waals surface area contributed by atoms with Gasteiger partial charge < -0.3 is 4.90 Å². The maximum Gasteiger partial charge on any atom is 0.0462 e. The van der Waals surface area contributed by atoms with Crippen molar-refractivity contribution in [2.75, 3.05) is 4.90 Å². The molecule has 0 aromatic heterocycles. The molecular weight excluding hydrogens is 879 g/mol. The van der Waals surface area contributed by atoms with Crippen LogP contribution in [0.2, 0.25) is 0 Å². The average Bonchev–Trinajstić information content (AvgIpc) is 3.46. The summed E-state index contributed by atoms with van der Waals surface area (Å²) in [6.07, 6.45) is 0. The van der Waals surface area contributed by atoms with Crippen molar-refractivity contribution in [2.45, 2.75) is 0 Å². The third-order valence-electron chi connectivity index (χ3n) is 15.7. The molecule has 0 bridgehead atoms. The molecule has 1 heteroatoms. The minimum atomic E-state index is 1.09. The van der Waals surface area contributed by atoms with Gasteiger partial charge in [0.05, 0.1) is 0 Å². The second-order valence-corrected chi connectivity index (χ2v) is 19.5. The van der Waals surface area contributed by atoms with Gasteiger partial charge in [-0.3, -0.25) is 0 Å². The highest BCUT2D eigenvalue weighted by Crippen LogP contribution is 2.43. The van der Waals surface area contributed by atoms with Crippen molar-refractivity contribution in [3.8, 4) is 33.4 Å². The molecule has 1 nitrogen and oxygen atoms in total. The molecule has 15 rings (SSSR count). The maximum absolute atomic E-state index is 2.39. The van der Waals surface area contributed by atoms with Crippen molar-refractivity contribution in [1.29, 1.82) is 0 Å². The standard InChI is InChI=1S/C72H45N/c1-4-13-55-46(10-1)28-37-70-61-19-7-16-58(64(61)40-43-67(55)70)49-22-31-52(32-23-49)73(53-33-24-50(25-34-53)59-17-8-20-62-65(59)41-44-68-56-14-5-2-11-47(56)29-38-71(62)68)54-35-26-51(27-36-54)60-18-9-21-63-66(60)42-45-69-57-15-6-3-12-48(57)30-39-72(63)69/h1-45H. The number of rotatable bonds is 6. The lowest BCUT2D eigenvalue weighted by Crippen LogP contribution is -2.09. The summed E-state index contributed by atoms with van der Waals surface area (Å²) in [5.41, 5.74) is 10.5. The molecule has 0 spiro atoms. The maximum atomic E-state index is 2.39. The van der Waals surface area contributed by atoms with Gasteiger partial charge in [0.2, 0.25) is 0 Å². The first-order chi connectivity index (χ1) is 36.2. The summed E-state index contributed by atoms with van der Waals surface area (Å²) < 4.78 is 0. The lowest BCUT2D eigenvalue weighted by molar-refractivity contribution is 1.28. The molecule has 0 radical (unpaired) electrons. The SMILES string of the molecule is c1ccc2c(c1)ccc1c3cccc(-c4ccc(N(c5ccc(-c6cccc7c6ccc6c8ccccc8ccc76)cc5)c5ccc(-c6cccc7c6ccc6c8ccccc8ccc76)cc5)cc4)c3ccc21. The number of hydrogen-bond acceptors (Lipinski definition) is 1. The molecule has 0 saturated heterocycles. The number of anilines is 3. The van der Waals surface area contributed by atoms with Crippen LogP contribution in [0.5, 0.6) is 0 Å². The molecule has 0 unspecified atom stereocenters. The summed E-state index contributed by atoms with van der Waals surface area (Å²) in [5, 5.41) is 23.0. The number of hydrogen-bond donors (Lipinski definition) is 0. The Bertz CT molecular complexity index is 4220. The van der Waals surface area contributed by atoms with Crippen LogP contribution in [0, 0.1) is 0 Å². The third kappa shape index (κ3) is 6.63. The summed E-state index contributed by atoms with van der Waals surface area (Å²) >= 11 is 0. The Kier molecular flexibility index (Phi) is 9.33. The monoisotopic (exact) mass is 923 g/mol. The highest BCUT2D eigenvalue weighted by atomic mass is 15.1. The Morgan fingerprint density at radius 1 is 0.151 bits per heavy atom. The Morgan fingerprint density at radius 3 is 0.699 bits per heavy atom. The van der Waals surface area contributed by atoms with Crippen molar-refractivity contribution in [2.24, 2.45) is 0 Å². The number of nitrogens with zero attached hydrogens (tertiary/aromatic N) is 1. The molecule has 0 amide bonds. The molecule has 15 aromatic carbocycles. The smallest absolute Gasteiger partial charge is 0.0462 e. The summed E-state index contributed by atoms with van der Waals surface area (Å²) in [5.74, 6) is 0. The summed E-state index contributed by atoms with van der Waals surface area (Å²) in [6.45, 7) is 0. The Morgan fingerprint density at radius 2 is 0.384 bits per heavy atom. The van der Waals surface area contributed by atoms with Gasteiger partial charge in [-0.25, -0.2) is 0 Å². The van der Waals surface area contributed by atoms with E-state index < -0.39 is 0 Å². The van der Waals surface area contributed by atoms with Gasteiger partial charge in [0.25, 0.3) is 0 Å². The van der Waals surface area contributed by atoms with Crippen LogP contribution in [0.1, 0.15) is 0 Å². The third-order valence-corrected chi connectivity index (χ3v) is 15.7. The minimum Gasteiger partial charge on any atom is -0.311 e. The van der Waals surface area contributed by atoms with Crippen molar-refractivity contribution in [1.82, 2.24) is 0 Å². The Hall–Kier alpha value is -9.56. The van der Waals surface area contributed by atoms with Gasteiger partial charge in [-0.15, -0.1) is 0 Å². The second-order valence-electron chi connectivity index (χ2n) is 19.5. The van der Waals surface area contributed by atoms with E-state index in [4.69, 9.17) is 0 Å². The quantitative estimate of drug-likeness (QED) is 0.150. The lowest BCUT2D eigenvalue weighted by Gasteiger charge is -2.26. The summed E-state index contributed by atoms with van der Waals surface area (Å²) in [6, 6.07) is 101. The first kappa shape index (κ1) is 41.2. The molecule has 0 atom stereocenters. The Labute approximate surface area is 423 Å². The molecule has 0 saturated carbocycles. The molecule has 0 aliphatic carbocycles. The fourth-order valence-electron chi connectivity index (χ4n) is 12.1. The van der Waals surface area contributed by atoms with Gasteiger partial charge in [0.15, 0.2) is 0 Å². The van der Waals surface area contributed by atoms with Crippen LogP contribution in [0.25, 0.3) is 130 Å². The van der Waals surface area contributed by atoms with Crippen molar-refractivity contribution < 1.29 is 0 Å². The van der Waals surface area contributed by atoms with Crippen molar-refractivity contribution in [3.05, 3.63) is 273 Å². The second kappa shape index (κ2) is 16.5. The van der Waals surface area contributed by atoms with E-state index >= 15 is 0 Å². The molecular formula is C72H45N. The highest BCUT2D eigenvalue weighted by molar-refractivity contribution is 6.22. The van der Waals surface area contributed by atoms with Crippen LogP contribution in [-0.4, -0.2) is 0 Å². The van der Waals surface area contributed by atoms with Gasteiger partial charge in [0.1, 0.15) is 0 Å². The first-order valence-electron chi connectivity index (χ1n) is 25.3. The van der Waals surface area contributed by atoms with Gasteiger partial charge >= 0.3 is 0 Å². The zero-order valence-electron chi connectivity index (χ0n) is 39.9. The van der Waals surface area contributed by atoms with Crippen LogP contribution in [0.15, 0.2) is 273 Å². The van der Waals surface area contributed by atoms with Crippen LogP contribution < -0.4 is 4.90 Å². The van der Waals surface area contributed by atoms with E-state index in [1.54, 1.807) is 0 Å². The van der Waals surface area contributed by atoms with E-state index in [9.17, 15) is 0 Å². The zero-order valence-corrected chi connectivity index (χ0v) is 39.9. The molecule has 0 aliphatic heterocycles. The van der Waals surface area contributed by atoms with E-state index in [2.05, 4.69) is 278 Å². The molecule has 0 heterocycles.